The van der Waals surface area contributed by atoms with Crippen molar-refractivity contribution in [2.75, 3.05) is 0 Å². The molecule has 2 aliphatic rings. The van der Waals surface area contributed by atoms with Crippen LogP contribution in [0.1, 0.15) is 73.2 Å². The molecule has 0 saturated heterocycles. The highest BCUT2D eigenvalue weighted by molar-refractivity contribution is 7.89. The molecule has 1 aromatic heterocycles. The van der Waals surface area contributed by atoms with Gasteiger partial charge in [-0.3, -0.25) is 0 Å². The number of hydrogen-bond donors (Lipinski definition) is 2. The van der Waals surface area contributed by atoms with Gasteiger partial charge in [-0.15, -0.1) is 0 Å². The van der Waals surface area contributed by atoms with Gasteiger partial charge in [-0.05, 0) is 80.3 Å². The summed E-state index contributed by atoms with van der Waals surface area (Å²) in [6.07, 6.45) is 9.29. The molecule has 2 aromatic carbocycles. The zero-order valence-corrected chi connectivity index (χ0v) is 18.8. The molecule has 6 heteroatoms. The van der Waals surface area contributed by atoms with E-state index in [4.69, 9.17) is 0 Å². The lowest BCUT2D eigenvalue weighted by molar-refractivity contribution is 0.444. The van der Waals surface area contributed by atoms with E-state index in [1.807, 2.05) is 6.92 Å². The van der Waals surface area contributed by atoms with E-state index in [1.165, 1.54) is 48.6 Å². The van der Waals surface area contributed by atoms with Crippen LogP contribution in [0, 0.1) is 6.92 Å². The van der Waals surface area contributed by atoms with Gasteiger partial charge in [0, 0.05) is 10.9 Å². The lowest BCUT2D eigenvalue weighted by Crippen LogP contribution is -2.22. The molecular formula is C25H29N3O2S. The summed E-state index contributed by atoms with van der Waals surface area (Å²) in [7, 11) is -3.68. The highest BCUT2D eigenvalue weighted by atomic mass is 32.2. The second-order valence-corrected chi connectivity index (χ2v) is 10.6. The number of aromatic nitrogens is 1. The molecule has 162 valence electrons. The van der Waals surface area contributed by atoms with E-state index >= 15 is 0 Å². The molecule has 0 spiro atoms. The number of hydrogen-bond acceptors (Lipinski definition) is 3. The second-order valence-electron chi connectivity index (χ2n) is 8.94. The van der Waals surface area contributed by atoms with Crippen molar-refractivity contribution in [2.45, 2.75) is 69.1 Å². The molecule has 0 unspecified atom stereocenters. The average Bonchev–Trinajstić information content (AvgIpc) is 3.17. The molecule has 0 amide bonds. The Morgan fingerprint density at radius 1 is 0.968 bits per heavy atom. The van der Waals surface area contributed by atoms with Gasteiger partial charge in [-0.1, -0.05) is 43.0 Å². The van der Waals surface area contributed by atoms with E-state index in [9.17, 15) is 8.42 Å². The number of nitrogens with one attached hydrogen (secondary N) is 2. The van der Waals surface area contributed by atoms with Crippen LogP contribution in [0.3, 0.4) is 0 Å². The number of aryl methyl sites for hydroxylation is 2. The fourth-order valence-electron chi connectivity index (χ4n) is 5.02. The molecule has 0 atom stereocenters. The Balaban J connectivity index is 1.46. The highest BCUT2D eigenvalue weighted by Crippen LogP contribution is 2.36. The molecule has 0 bridgehead atoms. The van der Waals surface area contributed by atoms with Crippen LogP contribution in [-0.4, -0.2) is 19.1 Å². The standard InChI is InChI=1S/C25H29N3O2S/c1-17-10-13-20(14-11-17)31(29,30)28-27-24-9-5-8-21-22-16-19(18-6-3-2-4-7-18)12-15-23(22)26-25(21)24/h10-16,18,26,28H,2-9H2,1H3. The maximum Gasteiger partial charge on any atom is 0.276 e. The highest BCUT2D eigenvalue weighted by Gasteiger charge is 2.23. The first kappa shape index (κ1) is 20.3. The van der Waals surface area contributed by atoms with Crippen LogP contribution < -0.4 is 4.83 Å². The van der Waals surface area contributed by atoms with Crippen molar-refractivity contribution >= 4 is 26.6 Å². The SMILES string of the molecule is Cc1ccc(S(=O)(=O)NN=C2CCCc3c2[nH]c2ccc(C4CCCCC4)cc32)cc1. The third kappa shape index (κ3) is 4.01. The van der Waals surface area contributed by atoms with Gasteiger partial charge in [0.05, 0.1) is 16.3 Å². The minimum absolute atomic E-state index is 0.229. The summed E-state index contributed by atoms with van der Waals surface area (Å²) in [5.41, 5.74) is 6.61. The summed E-state index contributed by atoms with van der Waals surface area (Å²) < 4.78 is 25.3. The molecule has 1 saturated carbocycles. The molecule has 5 rings (SSSR count). The molecule has 1 heterocycles. The topological polar surface area (TPSA) is 74.3 Å². The predicted octanol–water partition coefficient (Wildman–Crippen LogP) is 5.54. The lowest BCUT2D eigenvalue weighted by atomic mass is 9.83. The van der Waals surface area contributed by atoms with Crippen LogP contribution in [-0.2, 0) is 16.4 Å². The van der Waals surface area contributed by atoms with Crippen LogP contribution in [0.2, 0.25) is 0 Å². The van der Waals surface area contributed by atoms with Gasteiger partial charge >= 0.3 is 0 Å². The molecule has 31 heavy (non-hydrogen) atoms. The summed E-state index contributed by atoms with van der Waals surface area (Å²) in [6, 6.07) is 13.6. The smallest absolute Gasteiger partial charge is 0.276 e. The summed E-state index contributed by atoms with van der Waals surface area (Å²) in [5.74, 6) is 0.668. The zero-order chi connectivity index (χ0) is 21.4. The summed E-state index contributed by atoms with van der Waals surface area (Å²) in [6.45, 7) is 1.93. The summed E-state index contributed by atoms with van der Waals surface area (Å²) in [5, 5.41) is 5.62. The Hall–Kier alpha value is -2.60. The number of sulfonamides is 1. The minimum atomic E-state index is -3.68. The van der Waals surface area contributed by atoms with Crippen LogP contribution in [0.25, 0.3) is 10.9 Å². The zero-order valence-electron chi connectivity index (χ0n) is 17.9. The van der Waals surface area contributed by atoms with Crippen molar-refractivity contribution in [2.24, 2.45) is 5.10 Å². The predicted molar refractivity (Wildman–Crippen MR) is 125 cm³/mol. The molecule has 3 aromatic rings. The van der Waals surface area contributed by atoms with E-state index in [-0.39, 0.29) is 4.90 Å². The summed E-state index contributed by atoms with van der Waals surface area (Å²) >= 11 is 0. The van der Waals surface area contributed by atoms with E-state index < -0.39 is 10.0 Å². The van der Waals surface area contributed by atoms with Crippen molar-refractivity contribution in [1.82, 2.24) is 9.82 Å². The summed E-state index contributed by atoms with van der Waals surface area (Å²) in [4.78, 5) is 6.20. The van der Waals surface area contributed by atoms with Gasteiger partial charge in [-0.25, -0.2) is 0 Å². The van der Waals surface area contributed by atoms with Crippen LogP contribution in [0.15, 0.2) is 52.5 Å². The van der Waals surface area contributed by atoms with E-state index in [1.54, 1.807) is 24.3 Å². The van der Waals surface area contributed by atoms with Gasteiger partial charge in [0.2, 0.25) is 0 Å². The third-order valence-electron chi connectivity index (χ3n) is 6.77. The number of H-pyrrole nitrogens is 1. The Morgan fingerprint density at radius 3 is 2.52 bits per heavy atom. The van der Waals surface area contributed by atoms with Crippen molar-refractivity contribution in [3.05, 3.63) is 64.8 Å². The number of rotatable bonds is 4. The normalized spacial score (nSPS) is 18.9. The minimum Gasteiger partial charge on any atom is -0.353 e. The largest absolute Gasteiger partial charge is 0.353 e. The molecule has 1 fully saturated rings. The van der Waals surface area contributed by atoms with Gasteiger partial charge in [-0.2, -0.15) is 18.4 Å². The number of nitrogens with zero attached hydrogens (tertiary/aromatic N) is 1. The van der Waals surface area contributed by atoms with Crippen molar-refractivity contribution < 1.29 is 8.42 Å². The Bertz CT molecular complexity index is 1230. The Kier molecular flexibility index (Phi) is 5.34. The first-order valence-corrected chi connectivity index (χ1v) is 12.8. The average molecular weight is 436 g/mol. The lowest BCUT2D eigenvalue weighted by Gasteiger charge is -2.22. The van der Waals surface area contributed by atoms with Crippen molar-refractivity contribution in [1.29, 1.82) is 0 Å². The quantitative estimate of drug-likeness (QED) is 0.528. The van der Waals surface area contributed by atoms with E-state index in [2.05, 4.69) is 33.1 Å². The molecular weight excluding hydrogens is 406 g/mol. The molecule has 0 radical (unpaired) electrons. The van der Waals surface area contributed by atoms with Gasteiger partial charge in [0.25, 0.3) is 10.0 Å². The maximum atomic E-state index is 12.7. The molecule has 2 N–H and O–H groups in total. The van der Waals surface area contributed by atoms with Crippen LogP contribution >= 0.6 is 0 Å². The van der Waals surface area contributed by atoms with Crippen molar-refractivity contribution in [3.8, 4) is 0 Å². The monoisotopic (exact) mass is 435 g/mol. The first-order valence-electron chi connectivity index (χ1n) is 11.3. The third-order valence-corrected chi connectivity index (χ3v) is 7.99. The Labute approximate surface area is 184 Å². The number of benzene rings is 2. The van der Waals surface area contributed by atoms with E-state index in [0.29, 0.717) is 5.92 Å². The first-order chi connectivity index (χ1) is 15.0. The van der Waals surface area contributed by atoms with Gasteiger partial charge in [0.1, 0.15) is 0 Å². The molecule has 0 aliphatic heterocycles. The van der Waals surface area contributed by atoms with Crippen LogP contribution in [0.5, 0.6) is 0 Å². The van der Waals surface area contributed by atoms with Crippen molar-refractivity contribution in [3.63, 3.8) is 0 Å². The van der Waals surface area contributed by atoms with Gasteiger partial charge < -0.3 is 4.98 Å². The molecule has 5 nitrogen and oxygen atoms in total. The van der Waals surface area contributed by atoms with Gasteiger partial charge in [0.15, 0.2) is 0 Å². The molecule has 2 aliphatic carbocycles. The second kappa shape index (κ2) is 8.15. The van der Waals surface area contributed by atoms with Crippen LogP contribution in [0.4, 0.5) is 0 Å². The van der Waals surface area contributed by atoms with E-state index in [0.717, 1.165) is 41.7 Å². The fourth-order valence-corrected chi connectivity index (χ4v) is 5.85. The fraction of sp³-hybridized carbons (Fsp3) is 0.400. The Morgan fingerprint density at radius 2 is 1.74 bits per heavy atom. The maximum absolute atomic E-state index is 12.7. The number of aromatic amines is 1. The number of fused-ring (bicyclic) bond motifs is 3. The number of hydrazone groups is 1.